The van der Waals surface area contributed by atoms with E-state index in [0.717, 1.165) is 5.06 Å². The summed E-state index contributed by atoms with van der Waals surface area (Å²) in [7, 11) is 1.19. The molecule has 29 heavy (non-hydrogen) atoms. The molecule has 1 aliphatic heterocycles. The Kier molecular flexibility index (Phi) is 9.02. The van der Waals surface area contributed by atoms with E-state index in [1.54, 1.807) is 13.8 Å². The maximum atomic E-state index is 12.9. The van der Waals surface area contributed by atoms with Crippen molar-refractivity contribution in [2.45, 2.75) is 64.6 Å². The van der Waals surface area contributed by atoms with Gasteiger partial charge in [-0.15, -0.1) is 0 Å². The van der Waals surface area contributed by atoms with Crippen molar-refractivity contribution >= 4 is 29.7 Å². The van der Waals surface area contributed by atoms with Crippen LogP contribution in [0.5, 0.6) is 0 Å². The van der Waals surface area contributed by atoms with E-state index in [0.29, 0.717) is 12.8 Å². The van der Waals surface area contributed by atoms with Crippen molar-refractivity contribution in [1.29, 1.82) is 0 Å². The number of hydrogen-bond donors (Lipinski definition) is 3. The Balaban J connectivity index is 2.87. The van der Waals surface area contributed by atoms with Gasteiger partial charge in [0.1, 0.15) is 18.1 Å². The molecule has 11 nitrogen and oxygen atoms in total. The number of rotatable bonds is 10. The van der Waals surface area contributed by atoms with Crippen molar-refractivity contribution in [3.63, 3.8) is 0 Å². The Morgan fingerprint density at radius 1 is 1.14 bits per heavy atom. The van der Waals surface area contributed by atoms with E-state index in [9.17, 15) is 29.1 Å². The number of hydroxylamine groups is 2. The van der Waals surface area contributed by atoms with E-state index in [1.165, 1.54) is 18.9 Å². The molecule has 1 rings (SSSR count). The van der Waals surface area contributed by atoms with E-state index < -0.39 is 54.2 Å². The second-order valence-corrected chi connectivity index (χ2v) is 7.23. The third-order valence-corrected chi connectivity index (χ3v) is 4.77. The highest BCUT2D eigenvalue weighted by Gasteiger charge is 2.40. The molecule has 1 fully saturated rings. The molecule has 11 heteroatoms. The highest BCUT2D eigenvalue weighted by molar-refractivity contribution is 5.93. The molecule has 1 aliphatic rings. The smallest absolute Gasteiger partial charge is 0.326 e. The maximum Gasteiger partial charge on any atom is 0.326 e. The molecule has 1 saturated heterocycles. The Bertz CT molecular complexity index is 651. The minimum Gasteiger partial charge on any atom is -0.481 e. The van der Waals surface area contributed by atoms with Crippen LogP contribution in [0.1, 0.15) is 46.5 Å². The topological polar surface area (TPSA) is 154 Å². The molecule has 0 unspecified atom stereocenters. The van der Waals surface area contributed by atoms with Gasteiger partial charge in [-0.2, -0.15) is 0 Å². The quantitative estimate of drug-likeness (QED) is 0.416. The standard InChI is InChI=1S/C18H29N3O8/c1-10(2)15(18(27)28)19-16(25)12-6-5-9-20(12)17(26)11(3)21(29-4)13(22)7-8-14(23)24/h10-12,15H,5-9H2,1-4H3,(H,19,25)(H,23,24)(H,27,28)/t11-,12-,15-/m0/s1. The molecule has 0 aliphatic carbocycles. The van der Waals surface area contributed by atoms with Crippen LogP contribution in [-0.4, -0.2) is 81.6 Å². The minimum absolute atomic E-state index is 0.279. The zero-order chi connectivity index (χ0) is 22.3. The average Bonchev–Trinajstić information content (AvgIpc) is 3.13. The first-order valence-corrected chi connectivity index (χ1v) is 9.42. The maximum absolute atomic E-state index is 12.9. The summed E-state index contributed by atoms with van der Waals surface area (Å²) in [6, 6.07) is -3.00. The fraction of sp³-hybridized carbons (Fsp3) is 0.722. The Morgan fingerprint density at radius 3 is 2.24 bits per heavy atom. The molecule has 0 spiro atoms. The molecule has 1 heterocycles. The number of carboxylic acids is 2. The summed E-state index contributed by atoms with van der Waals surface area (Å²) in [6.07, 6.45) is 0.185. The molecule has 0 bridgehead atoms. The van der Waals surface area contributed by atoms with Crippen LogP contribution in [0.3, 0.4) is 0 Å². The van der Waals surface area contributed by atoms with Gasteiger partial charge in [0.05, 0.1) is 13.5 Å². The first-order chi connectivity index (χ1) is 13.5. The zero-order valence-electron chi connectivity index (χ0n) is 17.1. The van der Waals surface area contributed by atoms with Crippen LogP contribution < -0.4 is 5.32 Å². The lowest BCUT2D eigenvalue weighted by molar-refractivity contribution is -0.193. The highest BCUT2D eigenvalue weighted by Crippen LogP contribution is 2.21. The van der Waals surface area contributed by atoms with Gasteiger partial charge < -0.3 is 20.4 Å². The fourth-order valence-corrected chi connectivity index (χ4v) is 3.21. The van der Waals surface area contributed by atoms with Gasteiger partial charge in [-0.3, -0.25) is 24.0 Å². The minimum atomic E-state index is -1.16. The Labute approximate surface area is 168 Å². The number of nitrogens with one attached hydrogen (secondary N) is 1. The number of aliphatic carboxylic acids is 2. The molecule has 3 atom stereocenters. The van der Waals surface area contributed by atoms with Gasteiger partial charge in [0.25, 0.3) is 0 Å². The monoisotopic (exact) mass is 415 g/mol. The summed E-state index contributed by atoms with van der Waals surface area (Å²) in [5.74, 6) is -4.41. The molecular weight excluding hydrogens is 386 g/mol. The van der Waals surface area contributed by atoms with E-state index in [4.69, 9.17) is 9.94 Å². The second kappa shape index (κ2) is 10.7. The van der Waals surface area contributed by atoms with Crippen LogP contribution in [-0.2, 0) is 28.8 Å². The third-order valence-electron chi connectivity index (χ3n) is 4.77. The fourth-order valence-electron chi connectivity index (χ4n) is 3.21. The largest absolute Gasteiger partial charge is 0.481 e. The zero-order valence-corrected chi connectivity index (χ0v) is 17.1. The summed E-state index contributed by atoms with van der Waals surface area (Å²) in [5, 5.41) is 21.2. The molecule has 0 aromatic rings. The number of hydrogen-bond acceptors (Lipinski definition) is 6. The lowest BCUT2D eigenvalue weighted by Crippen LogP contribution is -2.56. The Hall–Kier alpha value is -2.69. The first-order valence-electron chi connectivity index (χ1n) is 9.42. The summed E-state index contributed by atoms with van der Waals surface area (Å²) < 4.78 is 0. The molecule has 0 radical (unpaired) electrons. The number of likely N-dealkylation sites (tertiary alicyclic amines) is 1. The van der Waals surface area contributed by atoms with Crippen molar-refractivity contribution in [2.75, 3.05) is 13.7 Å². The van der Waals surface area contributed by atoms with Gasteiger partial charge in [-0.25, -0.2) is 9.86 Å². The molecule has 0 aromatic heterocycles. The number of carbonyl (C=O) groups is 5. The van der Waals surface area contributed by atoms with Crippen LogP contribution in [0.15, 0.2) is 0 Å². The first kappa shape index (κ1) is 24.3. The normalized spacial score (nSPS) is 18.2. The predicted octanol–water partition coefficient (Wildman–Crippen LogP) is -0.154. The molecule has 0 saturated carbocycles. The van der Waals surface area contributed by atoms with Crippen LogP contribution in [0.4, 0.5) is 0 Å². The van der Waals surface area contributed by atoms with Crippen molar-refractivity contribution in [3.8, 4) is 0 Å². The van der Waals surface area contributed by atoms with Gasteiger partial charge in [-0.1, -0.05) is 13.8 Å². The molecule has 0 aromatic carbocycles. The number of carbonyl (C=O) groups excluding carboxylic acids is 3. The van der Waals surface area contributed by atoms with Crippen LogP contribution >= 0.6 is 0 Å². The summed E-state index contributed by atoms with van der Waals surface area (Å²) in [4.78, 5) is 65.9. The van der Waals surface area contributed by atoms with Crippen molar-refractivity contribution < 1.29 is 39.0 Å². The SMILES string of the molecule is CON(C(=O)CCC(=O)O)[C@@H](C)C(=O)N1CCC[C@H]1C(=O)N[C@H](C(=O)O)C(C)C. The van der Waals surface area contributed by atoms with Crippen molar-refractivity contribution in [2.24, 2.45) is 5.92 Å². The lowest BCUT2D eigenvalue weighted by Gasteiger charge is -2.32. The second-order valence-electron chi connectivity index (χ2n) is 7.23. The van der Waals surface area contributed by atoms with Gasteiger partial charge in [0.15, 0.2) is 0 Å². The Morgan fingerprint density at radius 2 is 1.76 bits per heavy atom. The van der Waals surface area contributed by atoms with Crippen molar-refractivity contribution in [3.05, 3.63) is 0 Å². The molecule has 3 N–H and O–H groups in total. The van der Waals surface area contributed by atoms with Crippen LogP contribution in [0, 0.1) is 5.92 Å². The number of carboxylic acid groups (broad SMARTS) is 2. The molecule has 3 amide bonds. The summed E-state index contributed by atoms with van der Waals surface area (Å²) in [6.45, 7) is 5.03. The van der Waals surface area contributed by atoms with Crippen LogP contribution in [0.2, 0.25) is 0 Å². The van der Waals surface area contributed by atoms with Crippen molar-refractivity contribution in [1.82, 2.24) is 15.3 Å². The highest BCUT2D eigenvalue weighted by atomic mass is 16.7. The van der Waals surface area contributed by atoms with E-state index >= 15 is 0 Å². The van der Waals surface area contributed by atoms with Gasteiger partial charge in [-0.05, 0) is 25.7 Å². The van der Waals surface area contributed by atoms with Gasteiger partial charge in [0, 0.05) is 13.0 Å². The summed E-state index contributed by atoms with van der Waals surface area (Å²) in [5.41, 5.74) is 0. The summed E-state index contributed by atoms with van der Waals surface area (Å²) >= 11 is 0. The average molecular weight is 415 g/mol. The lowest BCUT2D eigenvalue weighted by atomic mass is 10.0. The van der Waals surface area contributed by atoms with E-state index in [1.807, 2.05) is 0 Å². The number of amides is 3. The van der Waals surface area contributed by atoms with Crippen LogP contribution in [0.25, 0.3) is 0 Å². The van der Waals surface area contributed by atoms with Gasteiger partial charge in [0.2, 0.25) is 17.7 Å². The molecule has 164 valence electrons. The van der Waals surface area contributed by atoms with E-state index in [-0.39, 0.29) is 18.9 Å². The van der Waals surface area contributed by atoms with E-state index in [2.05, 4.69) is 5.32 Å². The van der Waals surface area contributed by atoms with Gasteiger partial charge >= 0.3 is 11.9 Å². The third kappa shape index (κ3) is 6.41. The number of nitrogens with zero attached hydrogens (tertiary/aromatic N) is 2. The predicted molar refractivity (Wildman–Crippen MR) is 99.3 cm³/mol. The molecular formula is C18H29N3O8.